The van der Waals surface area contributed by atoms with E-state index in [-0.39, 0.29) is 10.7 Å². The lowest BCUT2D eigenvalue weighted by Crippen LogP contribution is -2.43. The molecule has 0 aliphatic heterocycles. The molecule has 0 atom stereocenters. The van der Waals surface area contributed by atoms with Crippen LogP contribution in [-0.2, 0) is 11.3 Å². The molecular formula is C19H32N4OS. The second kappa shape index (κ2) is 11.0. The number of amides is 1. The van der Waals surface area contributed by atoms with Crippen LogP contribution in [0.15, 0.2) is 29.3 Å². The molecule has 0 aromatic heterocycles. The van der Waals surface area contributed by atoms with Gasteiger partial charge in [-0.2, -0.15) is 11.8 Å². The molecule has 0 aliphatic rings. The molecule has 1 amide bonds. The highest BCUT2D eigenvalue weighted by Gasteiger charge is 2.16. The van der Waals surface area contributed by atoms with E-state index in [1.807, 2.05) is 43.0 Å². The Kier molecular flexibility index (Phi) is 9.42. The van der Waals surface area contributed by atoms with Crippen molar-refractivity contribution in [2.75, 3.05) is 24.7 Å². The lowest BCUT2D eigenvalue weighted by Gasteiger charge is -2.23. The number of carbonyl (C=O) groups is 1. The Hall–Kier alpha value is -1.69. The average molecular weight is 365 g/mol. The molecule has 25 heavy (non-hydrogen) atoms. The predicted molar refractivity (Wildman–Crippen MR) is 110 cm³/mol. The van der Waals surface area contributed by atoms with E-state index in [1.54, 1.807) is 0 Å². The summed E-state index contributed by atoms with van der Waals surface area (Å²) in [6, 6.07) is 7.85. The third kappa shape index (κ3) is 8.82. The highest BCUT2D eigenvalue weighted by molar-refractivity contribution is 7.99. The molecule has 1 rings (SSSR count). The Labute approximate surface area is 156 Å². The summed E-state index contributed by atoms with van der Waals surface area (Å²) in [6.07, 6.45) is 3.52. The van der Waals surface area contributed by atoms with Gasteiger partial charge in [0.05, 0.1) is 6.54 Å². The summed E-state index contributed by atoms with van der Waals surface area (Å²) in [7, 11) is 0. The largest absolute Gasteiger partial charge is 0.357 e. The fourth-order valence-corrected chi connectivity index (χ4v) is 2.24. The van der Waals surface area contributed by atoms with Crippen molar-refractivity contribution < 1.29 is 4.79 Å². The van der Waals surface area contributed by atoms with Crippen LogP contribution in [0, 0.1) is 0 Å². The van der Waals surface area contributed by atoms with Crippen molar-refractivity contribution in [1.82, 2.24) is 10.6 Å². The number of benzene rings is 1. The number of aliphatic imine (C=N–C) groups is 1. The second-order valence-corrected chi connectivity index (χ2v) is 8.02. The van der Waals surface area contributed by atoms with Crippen LogP contribution in [0.5, 0.6) is 0 Å². The van der Waals surface area contributed by atoms with Crippen LogP contribution in [0.3, 0.4) is 0 Å². The van der Waals surface area contributed by atoms with Gasteiger partial charge in [0.15, 0.2) is 5.96 Å². The molecule has 0 saturated heterocycles. The van der Waals surface area contributed by atoms with E-state index >= 15 is 0 Å². The van der Waals surface area contributed by atoms with Crippen molar-refractivity contribution in [3.8, 4) is 0 Å². The Bertz CT molecular complexity index is 555. The number of hydrogen-bond acceptors (Lipinski definition) is 3. The lowest BCUT2D eigenvalue weighted by molar-refractivity contribution is -0.116. The number of nitrogens with zero attached hydrogens (tertiary/aromatic N) is 1. The van der Waals surface area contributed by atoms with Gasteiger partial charge in [0.25, 0.3) is 0 Å². The molecule has 0 spiro atoms. The number of rotatable bonds is 9. The summed E-state index contributed by atoms with van der Waals surface area (Å²) in [4.78, 5) is 16.2. The zero-order chi connectivity index (χ0) is 18.7. The topological polar surface area (TPSA) is 65.5 Å². The quantitative estimate of drug-likeness (QED) is 0.462. The molecule has 5 nitrogen and oxygen atoms in total. The minimum atomic E-state index is 0.0586. The number of hydrogen-bond donors (Lipinski definition) is 3. The van der Waals surface area contributed by atoms with Crippen LogP contribution in [0.2, 0.25) is 0 Å². The van der Waals surface area contributed by atoms with E-state index in [4.69, 9.17) is 0 Å². The summed E-state index contributed by atoms with van der Waals surface area (Å²) < 4.78 is 0.161. The van der Waals surface area contributed by atoms with Crippen LogP contribution < -0.4 is 16.0 Å². The van der Waals surface area contributed by atoms with Gasteiger partial charge in [0.1, 0.15) is 0 Å². The second-order valence-electron chi connectivity index (χ2n) is 6.51. The van der Waals surface area contributed by atoms with E-state index < -0.39 is 0 Å². The fraction of sp³-hybridized carbons (Fsp3) is 0.579. The van der Waals surface area contributed by atoms with Crippen LogP contribution >= 0.6 is 11.8 Å². The monoisotopic (exact) mass is 364 g/mol. The molecule has 1 aromatic carbocycles. The summed E-state index contributed by atoms with van der Waals surface area (Å²) in [5, 5.41) is 9.57. The Morgan fingerprint density at radius 2 is 1.84 bits per heavy atom. The van der Waals surface area contributed by atoms with Gasteiger partial charge < -0.3 is 16.0 Å². The van der Waals surface area contributed by atoms with E-state index in [9.17, 15) is 4.79 Å². The molecule has 0 unspecified atom stereocenters. The molecule has 3 N–H and O–H groups in total. The summed E-state index contributed by atoms with van der Waals surface area (Å²) in [6.45, 7) is 10.7. The first-order valence-corrected chi connectivity index (χ1v) is 10.1. The van der Waals surface area contributed by atoms with Gasteiger partial charge in [-0.25, -0.2) is 4.99 Å². The first-order valence-electron chi connectivity index (χ1n) is 8.86. The summed E-state index contributed by atoms with van der Waals surface area (Å²) >= 11 is 1.83. The molecule has 0 fully saturated rings. The molecular weight excluding hydrogens is 332 g/mol. The van der Waals surface area contributed by atoms with Gasteiger partial charge in [-0.3, -0.25) is 4.79 Å². The van der Waals surface area contributed by atoms with Crippen molar-refractivity contribution in [1.29, 1.82) is 0 Å². The first-order chi connectivity index (χ1) is 11.9. The number of nitrogens with one attached hydrogen (secondary N) is 3. The van der Waals surface area contributed by atoms with Crippen LogP contribution in [0.1, 0.15) is 46.1 Å². The first kappa shape index (κ1) is 21.4. The van der Waals surface area contributed by atoms with Crippen LogP contribution in [0.25, 0.3) is 0 Å². The third-order valence-electron chi connectivity index (χ3n) is 3.71. The van der Waals surface area contributed by atoms with E-state index in [0.717, 1.165) is 36.7 Å². The number of anilines is 1. The Morgan fingerprint density at radius 1 is 1.16 bits per heavy atom. The molecule has 1 aromatic rings. The maximum atomic E-state index is 11.6. The van der Waals surface area contributed by atoms with Gasteiger partial charge >= 0.3 is 0 Å². The zero-order valence-electron chi connectivity index (χ0n) is 16.1. The van der Waals surface area contributed by atoms with Crippen molar-refractivity contribution in [3.63, 3.8) is 0 Å². The SMILES string of the molecule is CCCC(=O)Nc1ccc(CN=C(NCC)NCC(C)(C)SC)cc1. The standard InChI is InChI=1S/C19H32N4OS/c1-6-8-17(24)23-16-11-9-15(10-12-16)13-21-18(20-7-2)22-14-19(3,4)25-5/h9-12H,6-8,13-14H2,1-5H3,(H,23,24)(H2,20,21,22). The smallest absolute Gasteiger partial charge is 0.224 e. The summed E-state index contributed by atoms with van der Waals surface area (Å²) in [5.74, 6) is 0.883. The van der Waals surface area contributed by atoms with Crippen LogP contribution in [-0.4, -0.2) is 36.0 Å². The van der Waals surface area contributed by atoms with E-state index in [0.29, 0.717) is 13.0 Å². The zero-order valence-corrected chi connectivity index (χ0v) is 16.9. The van der Waals surface area contributed by atoms with Gasteiger partial charge in [-0.1, -0.05) is 19.1 Å². The van der Waals surface area contributed by atoms with Crippen molar-refractivity contribution >= 4 is 29.3 Å². The third-order valence-corrected chi connectivity index (χ3v) is 4.96. The highest BCUT2D eigenvalue weighted by Crippen LogP contribution is 2.19. The highest BCUT2D eigenvalue weighted by atomic mass is 32.2. The Balaban J connectivity index is 2.62. The summed E-state index contributed by atoms with van der Waals surface area (Å²) in [5.41, 5.74) is 1.94. The molecule has 6 heteroatoms. The van der Waals surface area contributed by atoms with Gasteiger partial charge in [0.2, 0.25) is 5.91 Å². The van der Waals surface area contributed by atoms with Gasteiger partial charge in [-0.05, 0) is 51.1 Å². The number of thioether (sulfide) groups is 1. The van der Waals surface area contributed by atoms with Crippen molar-refractivity contribution in [3.05, 3.63) is 29.8 Å². The molecule has 0 aliphatic carbocycles. The lowest BCUT2D eigenvalue weighted by atomic mass is 10.2. The maximum Gasteiger partial charge on any atom is 0.224 e. The molecule has 0 radical (unpaired) electrons. The van der Waals surface area contributed by atoms with Crippen molar-refractivity contribution in [2.24, 2.45) is 4.99 Å². The van der Waals surface area contributed by atoms with Crippen LogP contribution in [0.4, 0.5) is 5.69 Å². The molecule has 0 bridgehead atoms. The minimum Gasteiger partial charge on any atom is -0.357 e. The molecule has 0 heterocycles. The predicted octanol–water partition coefficient (Wildman–Crippen LogP) is 3.62. The molecule has 0 saturated carbocycles. The van der Waals surface area contributed by atoms with Crippen molar-refractivity contribution in [2.45, 2.75) is 51.8 Å². The normalized spacial score (nSPS) is 12.0. The average Bonchev–Trinajstić information content (AvgIpc) is 2.59. The number of guanidine groups is 1. The number of carbonyl (C=O) groups excluding carboxylic acids is 1. The van der Waals surface area contributed by atoms with Gasteiger partial charge in [0, 0.05) is 29.9 Å². The maximum absolute atomic E-state index is 11.6. The van der Waals surface area contributed by atoms with E-state index in [1.165, 1.54) is 0 Å². The fourth-order valence-electron chi connectivity index (χ4n) is 2.02. The molecule has 140 valence electrons. The minimum absolute atomic E-state index is 0.0586. The Morgan fingerprint density at radius 3 is 2.40 bits per heavy atom. The van der Waals surface area contributed by atoms with E-state index in [2.05, 4.69) is 48.0 Å². The van der Waals surface area contributed by atoms with Gasteiger partial charge in [-0.15, -0.1) is 0 Å².